The second-order valence-electron chi connectivity index (χ2n) is 2.12. The predicted molar refractivity (Wildman–Crippen MR) is 33.1 cm³/mol. The van der Waals surface area contributed by atoms with E-state index in [9.17, 15) is 0 Å². The third-order valence-corrected chi connectivity index (χ3v) is 1.44. The summed E-state index contributed by atoms with van der Waals surface area (Å²) in [5.41, 5.74) is 16.5. The van der Waals surface area contributed by atoms with Crippen LogP contribution in [0.3, 0.4) is 0 Å². The Kier molecular flexibility index (Phi) is 1.33. The van der Waals surface area contributed by atoms with Gasteiger partial charge < -0.3 is 17.2 Å². The lowest BCUT2D eigenvalue weighted by atomic mass is 10.1. The standard InChI is InChI=1S/C5H11N3/c6-3-1-2-4(7)5(3)8/h1-5H,6-8H2. The summed E-state index contributed by atoms with van der Waals surface area (Å²) in [5.74, 6) is 0. The van der Waals surface area contributed by atoms with E-state index in [1.165, 1.54) is 0 Å². The van der Waals surface area contributed by atoms with Gasteiger partial charge in [0.2, 0.25) is 0 Å². The molecule has 2 unspecified atom stereocenters. The molecule has 3 nitrogen and oxygen atoms in total. The number of nitrogens with two attached hydrogens (primary N) is 3. The second-order valence-corrected chi connectivity index (χ2v) is 2.12. The van der Waals surface area contributed by atoms with E-state index in [1.807, 2.05) is 12.2 Å². The Bertz CT molecular complexity index is 98.2. The molecule has 1 aliphatic rings. The summed E-state index contributed by atoms with van der Waals surface area (Å²) in [5, 5.41) is 0. The third kappa shape index (κ3) is 0.753. The van der Waals surface area contributed by atoms with Gasteiger partial charge in [-0.15, -0.1) is 0 Å². The molecule has 0 bridgehead atoms. The van der Waals surface area contributed by atoms with Gasteiger partial charge in [-0.3, -0.25) is 0 Å². The third-order valence-electron chi connectivity index (χ3n) is 1.44. The lowest BCUT2D eigenvalue weighted by Gasteiger charge is -2.12. The molecule has 0 saturated carbocycles. The molecule has 0 aromatic carbocycles. The maximum atomic E-state index is 5.51. The molecule has 8 heavy (non-hydrogen) atoms. The second kappa shape index (κ2) is 1.85. The fourth-order valence-electron chi connectivity index (χ4n) is 0.770. The Morgan fingerprint density at radius 1 is 0.875 bits per heavy atom. The summed E-state index contributed by atoms with van der Waals surface area (Å²) in [7, 11) is 0. The molecule has 0 fully saturated rings. The summed E-state index contributed by atoms with van der Waals surface area (Å²) in [6.45, 7) is 0. The first kappa shape index (κ1) is 5.75. The highest BCUT2D eigenvalue weighted by Gasteiger charge is 2.21. The van der Waals surface area contributed by atoms with Gasteiger partial charge in [0, 0.05) is 18.1 Å². The summed E-state index contributed by atoms with van der Waals surface area (Å²) < 4.78 is 0. The van der Waals surface area contributed by atoms with Gasteiger partial charge in [0.05, 0.1) is 0 Å². The van der Waals surface area contributed by atoms with E-state index in [1.54, 1.807) is 0 Å². The molecule has 0 saturated heterocycles. The topological polar surface area (TPSA) is 78.1 Å². The van der Waals surface area contributed by atoms with Gasteiger partial charge >= 0.3 is 0 Å². The van der Waals surface area contributed by atoms with Crippen LogP contribution in [0, 0.1) is 0 Å². The monoisotopic (exact) mass is 113 g/mol. The smallest absolute Gasteiger partial charge is 0.0419 e. The van der Waals surface area contributed by atoms with Crippen LogP contribution in [0.25, 0.3) is 0 Å². The molecule has 6 N–H and O–H groups in total. The minimum absolute atomic E-state index is 0.0370. The van der Waals surface area contributed by atoms with Gasteiger partial charge in [-0.2, -0.15) is 0 Å². The summed E-state index contributed by atoms with van der Waals surface area (Å²) in [6, 6.07) is -0.148. The molecule has 0 aromatic rings. The maximum Gasteiger partial charge on any atom is 0.0419 e. The first-order valence-corrected chi connectivity index (χ1v) is 2.67. The van der Waals surface area contributed by atoms with Crippen molar-refractivity contribution in [3.8, 4) is 0 Å². The molecular weight excluding hydrogens is 102 g/mol. The Balaban J connectivity index is 2.55. The molecule has 0 heterocycles. The van der Waals surface area contributed by atoms with E-state index >= 15 is 0 Å². The van der Waals surface area contributed by atoms with Gasteiger partial charge in [-0.25, -0.2) is 0 Å². The van der Waals surface area contributed by atoms with Crippen molar-refractivity contribution in [2.24, 2.45) is 17.2 Å². The van der Waals surface area contributed by atoms with Crippen molar-refractivity contribution >= 4 is 0 Å². The zero-order chi connectivity index (χ0) is 6.15. The fourth-order valence-corrected chi connectivity index (χ4v) is 0.770. The van der Waals surface area contributed by atoms with E-state index in [2.05, 4.69) is 0 Å². The first-order chi connectivity index (χ1) is 3.72. The molecule has 2 atom stereocenters. The lowest BCUT2D eigenvalue weighted by Crippen LogP contribution is -2.47. The molecule has 0 amide bonds. The lowest BCUT2D eigenvalue weighted by molar-refractivity contribution is 0.580. The van der Waals surface area contributed by atoms with Crippen LogP contribution >= 0.6 is 0 Å². The fraction of sp³-hybridized carbons (Fsp3) is 0.600. The largest absolute Gasteiger partial charge is 0.325 e. The van der Waals surface area contributed by atoms with Crippen LogP contribution in [0.2, 0.25) is 0 Å². The average molecular weight is 113 g/mol. The van der Waals surface area contributed by atoms with Gasteiger partial charge in [0.1, 0.15) is 0 Å². The van der Waals surface area contributed by atoms with Gasteiger partial charge in [0.25, 0.3) is 0 Å². The van der Waals surface area contributed by atoms with Crippen molar-refractivity contribution in [1.82, 2.24) is 0 Å². The highest BCUT2D eigenvalue weighted by atomic mass is 14.9. The zero-order valence-electron chi connectivity index (χ0n) is 4.62. The highest BCUT2D eigenvalue weighted by Crippen LogP contribution is 2.03. The molecule has 0 spiro atoms. The van der Waals surface area contributed by atoms with Crippen LogP contribution < -0.4 is 17.2 Å². The molecule has 1 rings (SSSR count). The first-order valence-electron chi connectivity index (χ1n) is 2.67. The normalized spacial score (nSPS) is 45.6. The maximum absolute atomic E-state index is 5.51. The molecular formula is C5H11N3. The van der Waals surface area contributed by atoms with E-state index in [4.69, 9.17) is 17.2 Å². The van der Waals surface area contributed by atoms with Crippen molar-refractivity contribution in [2.75, 3.05) is 0 Å². The zero-order valence-corrected chi connectivity index (χ0v) is 4.62. The summed E-state index contributed by atoms with van der Waals surface area (Å²) >= 11 is 0. The molecule has 3 heteroatoms. The van der Waals surface area contributed by atoms with Crippen LogP contribution in [-0.2, 0) is 0 Å². The molecule has 0 radical (unpaired) electrons. The van der Waals surface area contributed by atoms with Crippen molar-refractivity contribution in [3.63, 3.8) is 0 Å². The Morgan fingerprint density at radius 3 is 1.38 bits per heavy atom. The number of hydrogen-bond donors (Lipinski definition) is 3. The van der Waals surface area contributed by atoms with Gasteiger partial charge in [-0.1, -0.05) is 12.2 Å². The quantitative estimate of drug-likeness (QED) is 0.336. The predicted octanol–water partition coefficient (Wildman–Crippen LogP) is -1.46. The van der Waals surface area contributed by atoms with Gasteiger partial charge in [0.15, 0.2) is 0 Å². The molecule has 1 aliphatic carbocycles. The van der Waals surface area contributed by atoms with Crippen LogP contribution in [0.4, 0.5) is 0 Å². The van der Waals surface area contributed by atoms with Crippen molar-refractivity contribution in [1.29, 1.82) is 0 Å². The Morgan fingerprint density at radius 2 is 1.25 bits per heavy atom. The van der Waals surface area contributed by atoms with Crippen molar-refractivity contribution in [2.45, 2.75) is 18.1 Å². The molecule has 0 aromatic heterocycles. The van der Waals surface area contributed by atoms with E-state index < -0.39 is 0 Å². The Hall–Kier alpha value is -0.380. The van der Waals surface area contributed by atoms with E-state index in [0.29, 0.717) is 0 Å². The highest BCUT2D eigenvalue weighted by molar-refractivity contribution is 5.14. The van der Waals surface area contributed by atoms with Crippen LogP contribution in [-0.4, -0.2) is 18.1 Å². The van der Waals surface area contributed by atoms with Crippen LogP contribution in [0.5, 0.6) is 0 Å². The Labute approximate surface area is 48.5 Å². The van der Waals surface area contributed by atoms with Crippen molar-refractivity contribution in [3.05, 3.63) is 12.2 Å². The van der Waals surface area contributed by atoms with Crippen LogP contribution in [0.15, 0.2) is 12.2 Å². The van der Waals surface area contributed by atoms with E-state index in [0.717, 1.165) is 0 Å². The van der Waals surface area contributed by atoms with E-state index in [-0.39, 0.29) is 18.1 Å². The molecule has 0 aliphatic heterocycles. The SMILES string of the molecule is NC1C=CC(N)C1N. The number of rotatable bonds is 0. The van der Waals surface area contributed by atoms with Gasteiger partial charge in [-0.05, 0) is 0 Å². The van der Waals surface area contributed by atoms with Crippen molar-refractivity contribution < 1.29 is 0 Å². The average Bonchev–Trinajstić information content (AvgIpc) is 1.98. The minimum Gasteiger partial charge on any atom is -0.325 e. The van der Waals surface area contributed by atoms with Crippen LogP contribution in [0.1, 0.15) is 0 Å². The number of hydrogen-bond acceptors (Lipinski definition) is 3. The molecule has 46 valence electrons. The summed E-state index contributed by atoms with van der Waals surface area (Å²) in [6.07, 6.45) is 3.69. The summed E-state index contributed by atoms with van der Waals surface area (Å²) in [4.78, 5) is 0. The minimum atomic E-state index is -0.0741.